The highest BCUT2D eigenvalue weighted by Gasteiger charge is 2.52. The van der Waals surface area contributed by atoms with Gasteiger partial charge < -0.3 is 9.47 Å². The molecule has 0 radical (unpaired) electrons. The van der Waals surface area contributed by atoms with Gasteiger partial charge in [0.15, 0.2) is 0 Å². The lowest BCUT2D eigenvalue weighted by molar-refractivity contribution is -0.167. The van der Waals surface area contributed by atoms with Crippen molar-refractivity contribution in [1.29, 1.82) is 0 Å². The summed E-state index contributed by atoms with van der Waals surface area (Å²) in [6.07, 6.45) is 9.94. The highest BCUT2D eigenvalue weighted by atomic mass is 127. The molecule has 0 aromatic rings. The molecule has 6 heteroatoms. The standard InChI is InChI=1S/C21H23IO5/c1-6-12(2)9-13(3)7-8-15-10-16-17(11-26-15)19(24)21(5,27-14(4)23)20(25)18(16)22/h7-12H,6H2,1-5H3/b8-7+,13-9+/t12-,21?/m0/s1. The first-order valence-corrected chi connectivity index (χ1v) is 9.82. The van der Waals surface area contributed by atoms with Gasteiger partial charge in [-0.2, -0.15) is 0 Å². The van der Waals surface area contributed by atoms with Crippen LogP contribution in [0.5, 0.6) is 0 Å². The number of hydrogen-bond acceptors (Lipinski definition) is 5. The Morgan fingerprint density at radius 2 is 2.00 bits per heavy atom. The fourth-order valence-corrected chi connectivity index (χ4v) is 3.76. The van der Waals surface area contributed by atoms with Crippen molar-refractivity contribution in [2.45, 2.75) is 46.6 Å². The summed E-state index contributed by atoms with van der Waals surface area (Å²) >= 11 is 1.88. The zero-order valence-corrected chi connectivity index (χ0v) is 18.2. The smallest absolute Gasteiger partial charge is 0.304 e. The molecule has 0 fully saturated rings. The molecule has 0 amide bonds. The van der Waals surface area contributed by atoms with Crippen molar-refractivity contribution in [1.82, 2.24) is 0 Å². The molecule has 0 spiro atoms. The van der Waals surface area contributed by atoms with Gasteiger partial charge >= 0.3 is 5.97 Å². The number of carbonyl (C=O) groups is 3. The molecule has 2 aliphatic rings. The van der Waals surface area contributed by atoms with Crippen LogP contribution in [0.15, 0.2) is 56.6 Å². The van der Waals surface area contributed by atoms with Gasteiger partial charge in [-0.05, 0) is 54.5 Å². The molecule has 1 aliphatic heterocycles. The number of halogens is 1. The highest BCUT2D eigenvalue weighted by molar-refractivity contribution is 14.1. The van der Waals surface area contributed by atoms with Crippen molar-refractivity contribution in [3.8, 4) is 0 Å². The summed E-state index contributed by atoms with van der Waals surface area (Å²) in [7, 11) is 0. The summed E-state index contributed by atoms with van der Waals surface area (Å²) in [5, 5.41) is 0. The number of fused-ring (bicyclic) bond motifs is 1. The summed E-state index contributed by atoms with van der Waals surface area (Å²) in [4.78, 5) is 36.8. The number of Topliss-reactive ketones (excluding diaryl/α,β-unsaturated/α-hetero) is 2. The van der Waals surface area contributed by atoms with E-state index in [9.17, 15) is 14.4 Å². The van der Waals surface area contributed by atoms with E-state index in [-0.39, 0.29) is 5.57 Å². The Morgan fingerprint density at radius 1 is 1.33 bits per heavy atom. The van der Waals surface area contributed by atoms with E-state index in [0.717, 1.165) is 12.0 Å². The predicted molar refractivity (Wildman–Crippen MR) is 111 cm³/mol. The lowest BCUT2D eigenvalue weighted by atomic mass is 9.80. The Balaban J connectivity index is 2.36. The van der Waals surface area contributed by atoms with Crippen molar-refractivity contribution in [2.24, 2.45) is 5.92 Å². The molecule has 1 unspecified atom stereocenters. The van der Waals surface area contributed by atoms with Crippen LogP contribution in [0, 0.1) is 5.92 Å². The van der Waals surface area contributed by atoms with E-state index in [1.54, 1.807) is 12.2 Å². The van der Waals surface area contributed by atoms with Crippen LogP contribution in [0.3, 0.4) is 0 Å². The van der Waals surface area contributed by atoms with E-state index in [1.807, 2.05) is 35.6 Å². The van der Waals surface area contributed by atoms with Crippen LogP contribution in [0.4, 0.5) is 0 Å². The van der Waals surface area contributed by atoms with E-state index in [1.165, 1.54) is 20.1 Å². The zero-order valence-electron chi connectivity index (χ0n) is 16.1. The molecule has 1 heterocycles. The second-order valence-corrected chi connectivity index (χ2v) is 7.92. The van der Waals surface area contributed by atoms with Crippen LogP contribution in [0.25, 0.3) is 0 Å². The first kappa shape index (κ1) is 21.3. The van der Waals surface area contributed by atoms with Crippen molar-refractivity contribution in [3.05, 3.63) is 56.6 Å². The van der Waals surface area contributed by atoms with Crippen LogP contribution < -0.4 is 0 Å². The predicted octanol–water partition coefficient (Wildman–Crippen LogP) is 4.50. The number of carbonyl (C=O) groups excluding carboxylic acids is 3. The van der Waals surface area contributed by atoms with Gasteiger partial charge in [0, 0.05) is 12.5 Å². The van der Waals surface area contributed by atoms with Crippen molar-refractivity contribution < 1.29 is 23.9 Å². The van der Waals surface area contributed by atoms with Crippen LogP contribution in [-0.4, -0.2) is 23.1 Å². The number of esters is 1. The topological polar surface area (TPSA) is 69.7 Å². The molecule has 2 atom stereocenters. The largest absolute Gasteiger partial charge is 0.464 e. The van der Waals surface area contributed by atoms with Crippen LogP contribution in [0.2, 0.25) is 0 Å². The molecule has 0 aromatic heterocycles. The van der Waals surface area contributed by atoms with Crippen molar-refractivity contribution in [2.75, 3.05) is 0 Å². The molecule has 0 bridgehead atoms. The molecule has 1 aliphatic carbocycles. The van der Waals surface area contributed by atoms with Gasteiger partial charge in [0.1, 0.15) is 12.0 Å². The van der Waals surface area contributed by atoms with Gasteiger partial charge in [-0.1, -0.05) is 38.0 Å². The monoisotopic (exact) mass is 482 g/mol. The lowest BCUT2D eigenvalue weighted by Gasteiger charge is -2.32. The Labute approximate surface area is 173 Å². The van der Waals surface area contributed by atoms with Crippen LogP contribution >= 0.6 is 22.6 Å². The van der Waals surface area contributed by atoms with Gasteiger partial charge in [-0.3, -0.25) is 14.4 Å². The maximum Gasteiger partial charge on any atom is 0.304 e. The minimum atomic E-state index is -1.85. The number of ketones is 2. The van der Waals surface area contributed by atoms with Crippen LogP contribution in [0.1, 0.15) is 41.0 Å². The quantitative estimate of drug-likeness (QED) is 0.250. The minimum absolute atomic E-state index is 0.228. The average molecular weight is 482 g/mol. The molecule has 0 aromatic carbocycles. The van der Waals surface area contributed by atoms with E-state index < -0.39 is 23.1 Å². The molecule has 0 saturated heterocycles. The summed E-state index contributed by atoms with van der Waals surface area (Å²) < 4.78 is 11.0. The van der Waals surface area contributed by atoms with Gasteiger partial charge in [0.05, 0.1) is 9.15 Å². The van der Waals surface area contributed by atoms with Gasteiger partial charge in [0.2, 0.25) is 17.2 Å². The van der Waals surface area contributed by atoms with Crippen molar-refractivity contribution in [3.63, 3.8) is 0 Å². The van der Waals surface area contributed by atoms with Crippen molar-refractivity contribution >= 4 is 40.1 Å². The van der Waals surface area contributed by atoms with E-state index in [4.69, 9.17) is 9.47 Å². The Hall–Kier alpha value is -1.96. The molecule has 144 valence electrons. The maximum atomic E-state index is 12.8. The highest BCUT2D eigenvalue weighted by Crippen LogP contribution is 2.39. The fourth-order valence-electron chi connectivity index (χ4n) is 2.80. The fraction of sp³-hybridized carbons (Fsp3) is 0.381. The Kier molecular flexibility index (Phi) is 6.62. The number of allylic oxidation sites excluding steroid dienone is 6. The van der Waals surface area contributed by atoms with Gasteiger partial charge in [0.25, 0.3) is 0 Å². The normalized spacial score (nSPS) is 24.3. The molecule has 0 saturated carbocycles. The van der Waals surface area contributed by atoms with E-state index in [2.05, 4.69) is 19.9 Å². The first-order chi connectivity index (χ1) is 12.6. The summed E-state index contributed by atoms with van der Waals surface area (Å²) in [6, 6.07) is 0. The molecule has 27 heavy (non-hydrogen) atoms. The second kappa shape index (κ2) is 8.37. The number of hydrogen-bond donors (Lipinski definition) is 0. The first-order valence-electron chi connectivity index (χ1n) is 8.74. The van der Waals surface area contributed by atoms with Gasteiger partial charge in [-0.25, -0.2) is 0 Å². The summed E-state index contributed by atoms with van der Waals surface area (Å²) in [6.45, 7) is 8.77. The average Bonchev–Trinajstić information content (AvgIpc) is 2.62. The Morgan fingerprint density at radius 3 is 2.59 bits per heavy atom. The molecule has 5 nitrogen and oxygen atoms in total. The maximum absolute atomic E-state index is 12.8. The minimum Gasteiger partial charge on any atom is -0.464 e. The molecular formula is C21H23IO5. The number of ether oxygens (including phenoxy) is 2. The second-order valence-electron chi connectivity index (χ2n) is 6.84. The third kappa shape index (κ3) is 4.48. The summed E-state index contributed by atoms with van der Waals surface area (Å²) in [5.41, 5.74) is -0.0281. The molecule has 0 N–H and O–H groups in total. The third-order valence-electron chi connectivity index (χ3n) is 4.49. The molecule has 2 rings (SSSR count). The zero-order chi connectivity index (χ0) is 20.4. The van der Waals surface area contributed by atoms with E-state index >= 15 is 0 Å². The third-order valence-corrected chi connectivity index (χ3v) is 5.56. The number of rotatable bonds is 5. The lowest BCUT2D eigenvalue weighted by Crippen LogP contribution is -2.51. The summed E-state index contributed by atoms with van der Waals surface area (Å²) in [5.74, 6) is -0.781. The van der Waals surface area contributed by atoms with E-state index in [0.29, 0.717) is 20.8 Å². The molecular weight excluding hydrogens is 459 g/mol. The SMILES string of the molecule is CC[C@H](C)/C=C(C)/C=C/C1=CC2=C(I)C(=O)C(C)(OC(C)=O)C(=O)C2=CO1. The Bertz CT molecular complexity index is 841. The van der Waals surface area contributed by atoms with Crippen LogP contribution in [-0.2, 0) is 23.9 Å². The van der Waals surface area contributed by atoms with Gasteiger partial charge in [-0.15, -0.1) is 0 Å².